The van der Waals surface area contributed by atoms with Gasteiger partial charge in [-0.15, -0.1) is 0 Å². The van der Waals surface area contributed by atoms with Crippen LogP contribution < -0.4 is 5.32 Å². The Morgan fingerprint density at radius 2 is 1.81 bits per heavy atom. The molecule has 3 atom stereocenters. The van der Waals surface area contributed by atoms with Crippen LogP contribution in [0.4, 0.5) is 0 Å². The van der Waals surface area contributed by atoms with Crippen molar-refractivity contribution in [3.8, 4) is 0 Å². The zero-order valence-electron chi connectivity index (χ0n) is 13.2. The number of piperidine rings is 1. The second kappa shape index (κ2) is 7.25. The zero-order valence-corrected chi connectivity index (χ0v) is 13.2. The highest BCUT2D eigenvalue weighted by Crippen LogP contribution is 2.38. The minimum atomic E-state index is -0.806. The number of hydrogen-bond acceptors (Lipinski definition) is 3. The first-order chi connectivity index (χ1) is 10.0. The third kappa shape index (κ3) is 3.76. The number of hydrogen-bond donors (Lipinski definition) is 2. The predicted octanol–water partition coefficient (Wildman–Crippen LogP) is 1.72. The van der Waals surface area contributed by atoms with E-state index >= 15 is 0 Å². The van der Waals surface area contributed by atoms with Crippen LogP contribution in [0.1, 0.15) is 46.0 Å². The average Bonchev–Trinajstić information content (AvgIpc) is 2.87. The van der Waals surface area contributed by atoms with Crippen LogP contribution in [0.3, 0.4) is 0 Å². The summed E-state index contributed by atoms with van der Waals surface area (Å²) >= 11 is 0. The molecule has 0 aromatic heterocycles. The number of aliphatic carboxylic acids is 1. The van der Waals surface area contributed by atoms with Crippen LogP contribution in [0.15, 0.2) is 0 Å². The van der Waals surface area contributed by atoms with E-state index in [1.165, 1.54) is 0 Å². The number of carbonyl (C=O) groups is 2. The number of carbonyl (C=O) groups excluding carboxylic acids is 1. The van der Waals surface area contributed by atoms with Crippen molar-refractivity contribution in [2.24, 2.45) is 17.8 Å². The van der Waals surface area contributed by atoms with Gasteiger partial charge in [0.05, 0.1) is 11.8 Å². The van der Waals surface area contributed by atoms with E-state index in [0.717, 1.165) is 45.3 Å². The number of carboxylic acids is 1. The number of amides is 1. The predicted molar refractivity (Wildman–Crippen MR) is 80.9 cm³/mol. The molecule has 1 aliphatic heterocycles. The molecule has 2 rings (SSSR count). The van der Waals surface area contributed by atoms with Crippen molar-refractivity contribution in [1.82, 2.24) is 10.2 Å². The van der Waals surface area contributed by atoms with Crippen LogP contribution in [-0.2, 0) is 9.59 Å². The topological polar surface area (TPSA) is 69.6 Å². The highest BCUT2D eigenvalue weighted by Gasteiger charge is 2.43. The molecule has 0 spiro atoms. The van der Waals surface area contributed by atoms with E-state index in [9.17, 15) is 14.7 Å². The standard InChI is InChI=1S/C16H28N2O3/c1-3-8-18(12-4-6-17-7-5-12)15(19)13-9-11(2)10-14(13)16(20)21/h11-14,17H,3-10H2,1-2H3,(H,20,21). The van der Waals surface area contributed by atoms with Crippen molar-refractivity contribution in [3.05, 3.63) is 0 Å². The summed E-state index contributed by atoms with van der Waals surface area (Å²) in [7, 11) is 0. The molecule has 2 N–H and O–H groups in total. The maximum atomic E-state index is 12.9. The fourth-order valence-electron chi connectivity index (χ4n) is 3.88. The Balaban J connectivity index is 2.11. The molecule has 21 heavy (non-hydrogen) atoms. The van der Waals surface area contributed by atoms with Gasteiger partial charge in [-0.25, -0.2) is 0 Å². The summed E-state index contributed by atoms with van der Waals surface area (Å²) in [6.07, 6.45) is 4.24. The van der Waals surface area contributed by atoms with Gasteiger partial charge in [0.25, 0.3) is 0 Å². The SMILES string of the molecule is CCCN(C(=O)C1CC(C)CC1C(=O)O)C1CCNCC1. The fraction of sp³-hybridized carbons (Fsp3) is 0.875. The average molecular weight is 296 g/mol. The van der Waals surface area contributed by atoms with Crippen LogP contribution >= 0.6 is 0 Å². The largest absolute Gasteiger partial charge is 0.481 e. The Morgan fingerprint density at radius 3 is 2.38 bits per heavy atom. The summed E-state index contributed by atoms with van der Waals surface area (Å²) in [4.78, 5) is 26.4. The first kappa shape index (κ1) is 16.3. The molecule has 0 bridgehead atoms. The highest BCUT2D eigenvalue weighted by atomic mass is 16.4. The Kier molecular flexibility index (Phi) is 5.62. The summed E-state index contributed by atoms with van der Waals surface area (Å²) in [5, 5.41) is 12.7. The number of carboxylic acid groups (broad SMARTS) is 1. The number of nitrogens with one attached hydrogen (secondary N) is 1. The lowest BCUT2D eigenvalue weighted by Crippen LogP contribution is -2.49. The van der Waals surface area contributed by atoms with Crippen molar-refractivity contribution in [3.63, 3.8) is 0 Å². The molecular formula is C16H28N2O3. The molecule has 1 saturated carbocycles. The van der Waals surface area contributed by atoms with Gasteiger partial charge in [0, 0.05) is 12.6 Å². The molecule has 1 amide bonds. The summed E-state index contributed by atoms with van der Waals surface area (Å²) in [6, 6.07) is 0.282. The van der Waals surface area contributed by atoms with Crippen molar-refractivity contribution < 1.29 is 14.7 Å². The van der Waals surface area contributed by atoms with Crippen LogP contribution in [0, 0.1) is 17.8 Å². The molecule has 3 unspecified atom stereocenters. The van der Waals surface area contributed by atoms with E-state index in [0.29, 0.717) is 12.3 Å². The van der Waals surface area contributed by atoms with Gasteiger partial charge in [-0.05, 0) is 51.1 Å². The Hall–Kier alpha value is -1.10. The van der Waals surface area contributed by atoms with Crippen LogP contribution in [0.2, 0.25) is 0 Å². The zero-order chi connectivity index (χ0) is 15.4. The van der Waals surface area contributed by atoms with Gasteiger partial charge in [-0.3, -0.25) is 9.59 Å². The van der Waals surface area contributed by atoms with Gasteiger partial charge in [0.2, 0.25) is 5.91 Å². The van der Waals surface area contributed by atoms with Gasteiger partial charge < -0.3 is 15.3 Å². The minimum absolute atomic E-state index is 0.0838. The molecule has 2 fully saturated rings. The quantitative estimate of drug-likeness (QED) is 0.810. The van der Waals surface area contributed by atoms with E-state index in [-0.39, 0.29) is 17.9 Å². The van der Waals surface area contributed by atoms with Crippen molar-refractivity contribution in [2.75, 3.05) is 19.6 Å². The Morgan fingerprint density at radius 1 is 1.19 bits per heavy atom. The third-order valence-corrected chi connectivity index (χ3v) is 4.93. The maximum Gasteiger partial charge on any atom is 0.307 e. The van der Waals surface area contributed by atoms with Crippen LogP contribution in [0.5, 0.6) is 0 Å². The molecule has 120 valence electrons. The van der Waals surface area contributed by atoms with Gasteiger partial charge in [0.15, 0.2) is 0 Å². The van der Waals surface area contributed by atoms with Crippen LogP contribution in [-0.4, -0.2) is 47.6 Å². The molecule has 5 nitrogen and oxygen atoms in total. The molecule has 1 saturated heterocycles. The second-order valence-electron chi connectivity index (χ2n) is 6.64. The van der Waals surface area contributed by atoms with Crippen molar-refractivity contribution in [1.29, 1.82) is 0 Å². The summed E-state index contributed by atoms with van der Waals surface area (Å²) in [5.74, 6) is -1.20. The van der Waals surface area contributed by atoms with Crippen molar-refractivity contribution in [2.45, 2.75) is 52.0 Å². The van der Waals surface area contributed by atoms with E-state index in [4.69, 9.17) is 0 Å². The van der Waals surface area contributed by atoms with Crippen LogP contribution in [0.25, 0.3) is 0 Å². The van der Waals surface area contributed by atoms with Gasteiger partial charge >= 0.3 is 5.97 Å². The second-order valence-corrected chi connectivity index (χ2v) is 6.64. The maximum absolute atomic E-state index is 12.9. The minimum Gasteiger partial charge on any atom is -0.481 e. The van der Waals surface area contributed by atoms with Gasteiger partial charge in [0.1, 0.15) is 0 Å². The molecule has 0 aromatic rings. The smallest absolute Gasteiger partial charge is 0.307 e. The summed E-state index contributed by atoms with van der Waals surface area (Å²) in [5.41, 5.74) is 0. The fourth-order valence-corrected chi connectivity index (χ4v) is 3.88. The first-order valence-corrected chi connectivity index (χ1v) is 8.28. The number of rotatable bonds is 5. The van der Waals surface area contributed by atoms with Gasteiger partial charge in [-0.2, -0.15) is 0 Å². The first-order valence-electron chi connectivity index (χ1n) is 8.28. The normalized spacial score (nSPS) is 30.3. The molecule has 1 aliphatic carbocycles. The van der Waals surface area contributed by atoms with E-state index in [1.54, 1.807) is 0 Å². The molecule has 0 aromatic carbocycles. The van der Waals surface area contributed by atoms with Gasteiger partial charge in [-0.1, -0.05) is 13.8 Å². The molecule has 5 heteroatoms. The molecule has 1 heterocycles. The molecule has 0 radical (unpaired) electrons. The lowest BCUT2D eigenvalue weighted by Gasteiger charge is -2.36. The molecular weight excluding hydrogens is 268 g/mol. The Bertz CT molecular complexity index is 380. The number of nitrogens with zero attached hydrogens (tertiary/aromatic N) is 1. The monoisotopic (exact) mass is 296 g/mol. The van der Waals surface area contributed by atoms with E-state index in [2.05, 4.69) is 19.2 Å². The van der Waals surface area contributed by atoms with Crippen molar-refractivity contribution >= 4 is 11.9 Å². The Labute approximate surface area is 127 Å². The third-order valence-electron chi connectivity index (χ3n) is 4.93. The lowest BCUT2D eigenvalue weighted by molar-refractivity contribution is -0.150. The molecule has 2 aliphatic rings. The summed E-state index contributed by atoms with van der Waals surface area (Å²) < 4.78 is 0. The van der Waals surface area contributed by atoms with E-state index < -0.39 is 11.9 Å². The lowest BCUT2D eigenvalue weighted by atomic mass is 9.93. The highest BCUT2D eigenvalue weighted by molar-refractivity contribution is 5.85. The van der Waals surface area contributed by atoms with E-state index in [1.807, 2.05) is 4.90 Å². The summed E-state index contributed by atoms with van der Waals surface area (Å²) in [6.45, 7) is 6.77.